The third-order valence-electron chi connectivity index (χ3n) is 6.46. The quantitative estimate of drug-likeness (QED) is 0.716. The Morgan fingerprint density at radius 1 is 1.22 bits per heavy atom. The minimum Gasteiger partial charge on any atom is -0.457 e. The molecule has 5 fully saturated rings. The van der Waals surface area contributed by atoms with E-state index in [1.165, 1.54) is 0 Å². The summed E-state index contributed by atoms with van der Waals surface area (Å²) in [7, 11) is 0. The van der Waals surface area contributed by atoms with Crippen LogP contribution in [0.1, 0.15) is 46.0 Å². The smallest absolute Gasteiger partial charge is 0.344 e. The number of halogens is 1. The highest BCUT2D eigenvalue weighted by Gasteiger charge is 2.67. The fraction of sp³-hybridized carbons (Fsp3) is 0.895. The number of carbonyl (C=O) groups excluding carboxylic acids is 2. The molecule has 7 nitrogen and oxygen atoms in total. The first-order chi connectivity index (χ1) is 12.7. The maximum Gasteiger partial charge on any atom is 0.344 e. The van der Waals surface area contributed by atoms with Crippen LogP contribution in [-0.4, -0.2) is 60.0 Å². The predicted molar refractivity (Wildman–Crippen MR) is 89.2 cm³/mol. The highest BCUT2D eigenvalue weighted by Crippen LogP contribution is 2.63. The maximum absolute atomic E-state index is 13.5. The Morgan fingerprint density at radius 3 is 2.44 bits per heavy atom. The summed E-state index contributed by atoms with van der Waals surface area (Å²) in [6.07, 6.45) is 3.66. The van der Waals surface area contributed by atoms with Crippen LogP contribution in [0.15, 0.2) is 0 Å². The normalized spacial score (nSPS) is 42.5. The van der Waals surface area contributed by atoms with Gasteiger partial charge in [-0.1, -0.05) is 0 Å². The maximum atomic E-state index is 13.5. The van der Waals surface area contributed by atoms with Gasteiger partial charge in [0.05, 0.1) is 13.2 Å². The van der Waals surface area contributed by atoms with E-state index in [9.17, 15) is 19.1 Å². The van der Waals surface area contributed by atoms with E-state index in [0.29, 0.717) is 25.4 Å². The third kappa shape index (κ3) is 3.25. The molecule has 0 aromatic carbocycles. The first kappa shape index (κ1) is 19.1. The number of hydrogen-bond donors (Lipinski definition) is 1. The van der Waals surface area contributed by atoms with Crippen molar-refractivity contribution in [2.24, 2.45) is 17.8 Å². The topological polar surface area (TPSA) is 91.3 Å². The zero-order valence-corrected chi connectivity index (χ0v) is 15.7. The van der Waals surface area contributed by atoms with Gasteiger partial charge in [0.2, 0.25) is 5.67 Å². The molecule has 8 heteroatoms. The number of aliphatic hydroxyl groups excluding tert-OH is 1. The summed E-state index contributed by atoms with van der Waals surface area (Å²) in [5.74, 6) is -1.74. The lowest BCUT2D eigenvalue weighted by Crippen LogP contribution is -2.65. The third-order valence-corrected chi connectivity index (χ3v) is 6.46. The fourth-order valence-electron chi connectivity index (χ4n) is 5.62. The van der Waals surface area contributed by atoms with Gasteiger partial charge in [0, 0.05) is 11.8 Å². The molecule has 4 aliphatic carbocycles. The summed E-state index contributed by atoms with van der Waals surface area (Å²) in [5, 5.41) is 9.39. The van der Waals surface area contributed by atoms with Crippen molar-refractivity contribution in [1.29, 1.82) is 0 Å². The van der Waals surface area contributed by atoms with E-state index in [1.54, 1.807) is 0 Å². The monoisotopic (exact) mass is 386 g/mol. The standard InChI is InChI=1S/C19H27FO7/c1-17(2,20)16(23)24-10-15(22)27-18-5-11-3-12(6-18)19(13(4-11)7-18)25-9-14(8-21)26-19/h11-14,21H,3-10H2,1-2H3. The first-order valence-corrected chi connectivity index (χ1v) is 9.66. The minimum absolute atomic E-state index is 0.0684. The molecule has 1 saturated heterocycles. The average Bonchev–Trinajstić information content (AvgIpc) is 3.01. The van der Waals surface area contributed by atoms with Gasteiger partial charge in [-0.3, -0.25) is 0 Å². The molecule has 27 heavy (non-hydrogen) atoms. The second kappa shape index (κ2) is 6.39. The molecule has 5 aliphatic rings. The van der Waals surface area contributed by atoms with E-state index >= 15 is 0 Å². The molecule has 0 radical (unpaired) electrons. The van der Waals surface area contributed by atoms with Gasteiger partial charge in [0.1, 0.15) is 11.7 Å². The van der Waals surface area contributed by atoms with Crippen LogP contribution >= 0.6 is 0 Å². The first-order valence-electron chi connectivity index (χ1n) is 9.66. The van der Waals surface area contributed by atoms with Gasteiger partial charge in [-0.2, -0.15) is 0 Å². The lowest BCUT2D eigenvalue weighted by atomic mass is 9.51. The van der Waals surface area contributed by atoms with E-state index in [0.717, 1.165) is 33.1 Å². The van der Waals surface area contributed by atoms with Crippen LogP contribution < -0.4 is 0 Å². The Morgan fingerprint density at radius 2 is 1.89 bits per heavy atom. The summed E-state index contributed by atoms with van der Waals surface area (Å²) in [6, 6.07) is 0. The average molecular weight is 386 g/mol. The number of aliphatic hydroxyl groups is 1. The van der Waals surface area contributed by atoms with Crippen molar-refractivity contribution in [3.05, 3.63) is 0 Å². The molecule has 4 saturated carbocycles. The second-order valence-electron chi connectivity index (χ2n) is 9.00. The van der Waals surface area contributed by atoms with E-state index < -0.39 is 35.6 Å². The second-order valence-corrected chi connectivity index (χ2v) is 9.00. The number of esters is 2. The Labute approximate surface area is 157 Å². The molecule has 5 rings (SSSR count). The van der Waals surface area contributed by atoms with Crippen LogP contribution in [0.25, 0.3) is 0 Å². The van der Waals surface area contributed by atoms with Crippen molar-refractivity contribution in [1.82, 2.24) is 0 Å². The zero-order chi connectivity index (χ0) is 19.4. The summed E-state index contributed by atoms with van der Waals surface area (Å²) in [6.45, 7) is 1.90. The van der Waals surface area contributed by atoms with Crippen molar-refractivity contribution >= 4 is 11.9 Å². The van der Waals surface area contributed by atoms with Crippen molar-refractivity contribution in [3.63, 3.8) is 0 Å². The number of hydrogen-bond acceptors (Lipinski definition) is 7. The summed E-state index contributed by atoms with van der Waals surface area (Å²) in [4.78, 5) is 23.8. The Kier molecular flexibility index (Phi) is 4.51. The molecule has 1 aliphatic heterocycles. The van der Waals surface area contributed by atoms with Crippen LogP contribution in [-0.2, 0) is 28.5 Å². The van der Waals surface area contributed by atoms with Crippen molar-refractivity contribution in [2.45, 2.75) is 69.1 Å². The Hall–Kier alpha value is -1.25. The zero-order valence-electron chi connectivity index (χ0n) is 15.7. The molecule has 1 N–H and O–H groups in total. The minimum atomic E-state index is -2.15. The van der Waals surface area contributed by atoms with E-state index in [-0.39, 0.29) is 24.5 Å². The molecule has 152 valence electrons. The fourth-order valence-corrected chi connectivity index (χ4v) is 5.62. The number of rotatable bonds is 5. The molecule has 0 aromatic heterocycles. The van der Waals surface area contributed by atoms with Crippen LogP contribution in [0.4, 0.5) is 4.39 Å². The molecule has 3 atom stereocenters. The van der Waals surface area contributed by atoms with E-state index in [4.69, 9.17) is 18.9 Å². The van der Waals surface area contributed by atoms with Gasteiger partial charge in [0.15, 0.2) is 12.4 Å². The summed E-state index contributed by atoms with van der Waals surface area (Å²) >= 11 is 0. The van der Waals surface area contributed by atoms with Crippen LogP contribution in [0.5, 0.6) is 0 Å². The molecule has 1 spiro atoms. The highest BCUT2D eigenvalue weighted by atomic mass is 19.1. The SMILES string of the molecule is CC(C)(F)C(=O)OCC(=O)OC12CC3CC(C1)C1(OCC(CO)O1)C(C3)C2. The Bertz CT molecular complexity index is 612. The van der Waals surface area contributed by atoms with Crippen LogP contribution in [0.3, 0.4) is 0 Å². The number of ether oxygens (including phenoxy) is 4. The molecule has 0 amide bonds. The largest absolute Gasteiger partial charge is 0.457 e. The number of alkyl halides is 1. The molecular formula is C19H27FO7. The van der Waals surface area contributed by atoms with Crippen LogP contribution in [0.2, 0.25) is 0 Å². The van der Waals surface area contributed by atoms with Gasteiger partial charge >= 0.3 is 11.9 Å². The Balaban J connectivity index is 1.41. The highest BCUT2D eigenvalue weighted by molar-refractivity contribution is 5.81. The molecule has 1 heterocycles. The van der Waals surface area contributed by atoms with Gasteiger partial charge < -0.3 is 24.1 Å². The van der Waals surface area contributed by atoms with Gasteiger partial charge in [-0.15, -0.1) is 0 Å². The van der Waals surface area contributed by atoms with Gasteiger partial charge in [-0.25, -0.2) is 14.0 Å². The molecular weight excluding hydrogens is 359 g/mol. The van der Waals surface area contributed by atoms with Gasteiger partial charge in [0.25, 0.3) is 0 Å². The van der Waals surface area contributed by atoms with Gasteiger partial charge in [-0.05, 0) is 51.9 Å². The van der Waals surface area contributed by atoms with Crippen molar-refractivity contribution < 1.29 is 38.0 Å². The molecule has 0 aromatic rings. The summed E-state index contributed by atoms with van der Waals surface area (Å²) < 4.78 is 36.2. The van der Waals surface area contributed by atoms with E-state index in [2.05, 4.69) is 0 Å². The van der Waals surface area contributed by atoms with Crippen molar-refractivity contribution in [2.75, 3.05) is 19.8 Å². The lowest BCUT2D eigenvalue weighted by Gasteiger charge is -2.62. The molecule has 4 bridgehead atoms. The van der Waals surface area contributed by atoms with Crippen molar-refractivity contribution in [3.8, 4) is 0 Å². The van der Waals surface area contributed by atoms with Crippen LogP contribution in [0, 0.1) is 17.8 Å². The predicted octanol–water partition coefficient (Wildman–Crippen LogP) is 1.50. The molecule has 3 unspecified atom stereocenters. The number of carbonyl (C=O) groups is 2. The lowest BCUT2D eigenvalue weighted by molar-refractivity contribution is -0.320. The summed E-state index contributed by atoms with van der Waals surface area (Å²) in [5.41, 5.74) is -2.74. The van der Waals surface area contributed by atoms with E-state index in [1.807, 2.05) is 0 Å².